The van der Waals surface area contributed by atoms with Gasteiger partial charge in [0, 0.05) is 14.1 Å². The number of hydrogen-bond acceptors (Lipinski definition) is 1. The quantitative estimate of drug-likeness (QED) is 0.235. The molecule has 0 rings (SSSR count). The zero-order valence-electron chi connectivity index (χ0n) is 6.30. The second kappa shape index (κ2) is 8.20. The summed E-state index contributed by atoms with van der Waals surface area (Å²) in [6, 6.07) is 0. The van der Waals surface area contributed by atoms with Crippen LogP contribution in [0.1, 0.15) is 1.43 Å². The Labute approximate surface area is 84.1 Å². The van der Waals surface area contributed by atoms with Crippen LogP contribution >= 0.6 is 24.8 Å². The van der Waals surface area contributed by atoms with E-state index in [1.54, 1.807) is 4.90 Å². The Hall–Kier alpha value is 1.20. The van der Waals surface area contributed by atoms with E-state index in [4.69, 9.17) is 0 Å². The first-order chi connectivity index (χ1) is 2.64. The average Bonchev–Trinajstić information content (AvgIpc) is 1.36. The summed E-state index contributed by atoms with van der Waals surface area (Å²) in [7, 11) is 3.71. The topological polar surface area (TPSA) is 34.7 Å². The van der Waals surface area contributed by atoms with Gasteiger partial charge in [-0.2, -0.15) is 0 Å². The molecule has 0 fully saturated rings. The molecule has 0 aliphatic carbocycles. The average molecular weight is 163 g/mol. The number of hydrogen-bond donors (Lipinski definition) is 1. The summed E-state index contributed by atoms with van der Waals surface area (Å²) in [5, 5.41) is 0. The van der Waals surface area contributed by atoms with Crippen molar-refractivity contribution in [3.8, 4) is 0 Å². The third-order valence-electron chi connectivity index (χ3n) is 0.383. The first kappa shape index (κ1) is 16.1. The molecule has 0 aromatic rings. The van der Waals surface area contributed by atoms with Crippen LogP contribution in [0.25, 0.3) is 0 Å². The number of thiol groups is 1. The Morgan fingerprint density at radius 3 is 1.75 bits per heavy atom. The van der Waals surface area contributed by atoms with Crippen molar-refractivity contribution in [2.24, 2.45) is 0 Å². The van der Waals surface area contributed by atoms with E-state index >= 15 is 0 Å². The van der Waals surface area contributed by atoms with Crippen molar-refractivity contribution >= 4 is 29.2 Å². The third-order valence-corrected chi connectivity index (χ3v) is 1.15. The smallest absolute Gasteiger partial charge is 1.00 e. The molecule has 8 heavy (non-hydrogen) atoms. The summed E-state index contributed by atoms with van der Waals surface area (Å²) >= 11 is 8.46. The van der Waals surface area contributed by atoms with E-state index in [0.29, 0.717) is 4.32 Å². The fourth-order valence-corrected chi connectivity index (χ4v) is 0. The summed E-state index contributed by atoms with van der Waals surface area (Å²) in [6.45, 7) is 0. The second-order valence-corrected chi connectivity index (χ2v) is 2.29. The van der Waals surface area contributed by atoms with Crippen LogP contribution in [0.5, 0.6) is 0 Å². The molecular formula is C3H10NNaOS2. The molecule has 0 unspecified atom stereocenters. The maximum absolute atomic E-state index is 4.61. The van der Waals surface area contributed by atoms with Gasteiger partial charge >= 0.3 is 29.6 Å². The Morgan fingerprint density at radius 2 is 1.75 bits per heavy atom. The minimum Gasteiger partial charge on any atom is -1.00 e. The predicted molar refractivity (Wildman–Crippen MR) is 40.0 cm³/mol. The van der Waals surface area contributed by atoms with E-state index in [0.717, 1.165) is 0 Å². The van der Waals surface area contributed by atoms with Crippen LogP contribution < -0.4 is 29.6 Å². The molecule has 0 aromatic heterocycles. The van der Waals surface area contributed by atoms with Crippen LogP contribution in [-0.2, 0) is 0 Å². The van der Waals surface area contributed by atoms with Crippen LogP contribution in [0.2, 0.25) is 0 Å². The van der Waals surface area contributed by atoms with Crippen LogP contribution in [0.4, 0.5) is 0 Å². The van der Waals surface area contributed by atoms with E-state index in [1.165, 1.54) is 0 Å². The van der Waals surface area contributed by atoms with Crippen molar-refractivity contribution in [2.45, 2.75) is 0 Å². The van der Waals surface area contributed by atoms with Crippen LogP contribution in [0.3, 0.4) is 0 Å². The van der Waals surface area contributed by atoms with Crippen molar-refractivity contribution in [1.29, 1.82) is 0 Å². The molecule has 0 spiro atoms. The van der Waals surface area contributed by atoms with Gasteiger partial charge in [0.05, 0.1) is 0 Å². The molecule has 0 aliphatic heterocycles. The molecule has 0 aromatic carbocycles. The van der Waals surface area contributed by atoms with Gasteiger partial charge in [0.1, 0.15) is 4.32 Å². The van der Waals surface area contributed by atoms with E-state index in [9.17, 15) is 0 Å². The number of thiocarbonyl (C=S) groups is 1. The minimum absolute atomic E-state index is 0. The summed E-state index contributed by atoms with van der Waals surface area (Å²) in [5.41, 5.74) is 0. The summed E-state index contributed by atoms with van der Waals surface area (Å²) in [6.07, 6.45) is 0. The van der Waals surface area contributed by atoms with E-state index in [2.05, 4.69) is 24.8 Å². The number of rotatable bonds is 0. The Kier molecular flexibility index (Phi) is 16.5. The summed E-state index contributed by atoms with van der Waals surface area (Å²) < 4.78 is 0.620. The van der Waals surface area contributed by atoms with Gasteiger partial charge in [-0.3, -0.25) is 0 Å². The molecule has 0 saturated heterocycles. The molecule has 0 atom stereocenters. The molecule has 2 nitrogen and oxygen atoms in total. The molecule has 46 valence electrons. The van der Waals surface area contributed by atoms with E-state index in [-0.39, 0.29) is 36.5 Å². The SMILES string of the molecule is CN(C)C(=S)S.O.[H-].[Na+]. The van der Waals surface area contributed by atoms with Crippen molar-refractivity contribution in [2.75, 3.05) is 14.1 Å². The molecular weight excluding hydrogens is 153 g/mol. The van der Waals surface area contributed by atoms with E-state index in [1.807, 2.05) is 14.1 Å². The van der Waals surface area contributed by atoms with Crippen LogP contribution in [0, 0.1) is 0 Å². The molecule has 2 N–H and O–H groups in total. The van der Waals surface area contributed by atoms with E-state index < -0.39 is 0 Å². The summed E-state index contributed by atoms with van der Waals surface area (Å²) in [5.74, 6) is 0. The zero-order valence-corrected chi connectivity index (χ0v) is 9.01. The van der Waals surface area contributed by atoms with Crippen LogP contribution in [0.15, 0.2) is 0 Å². The third kappa shape index (κ3) is 10.2. The molecule has 0 amide bonds. The van der Waals surface area contributed by atoms with Gasteiger partial charge in [0.2, 0.25) is 0 Å². The van der Waals surface area contributed by atoms with Gasteiger partial charge in [-0.05, 0) is 0 Å². The maximum atomic E-state index is 4.61. The fraction of sp³-hybridized carbons (Fsp3) is 0.667. The fourth-order valence-electron chi connectivity index (χ4n) is 0. The van der Waals surface area contributed by atoms with Gasteiger partial charge in [-0.25, -0.2) is 0 Å². The van der Waals surface area contributed by atoms with Gasteiger partial charge in [0.15, 0.2) is 0 Å². The van der Waals surface area contributed by atoms with Crippen molar-refractivity contribution in [1.82, 2.24) is 4.90 Å². The number of nitrogens with zero attached hydrogens (tertiary/aromatic N) is 1. The summed E-state index contributed by atoms with van der Waals surface area (Å²) in [4.78, 5) is 1.76. The minimum atomic E-state index is 0. The molecule has 0 heterocycles. The standard InChI is InChI=1S/C3H7NS2.Na.H2O.H/c1-4(2)3(5)6;;;/h1-2H3,(H,5,6);;1H2;/q;+1;;-1. The van der Waals surface area contributed by atoms with Crippen LogP contribution in [-0.4, -0.2) is 28.8 Å². The monoisotopic (exact) mass is 163 g/mol. The van der Waals surface area contributed by atoms with Crippen molar-refractivity contribution in [3.63, 3.8) is 0 Å². The first-order valence-electron chi connectivity index (χ1n) is 1.55. The molecule has 0 radical (unpaired) electrons. The molecule has 5 heteroatoms. The predicted octanol–water partition coefficient (Wildman–Crippen LogP) is -2.95. The van der Waals surface area contributed by atoms with Gasteiger partial charge in [0.25, 0.3) is 0 Å². The van der Waals surface area contributed by atoms with Crippen molar-refractivity contribution in [3.05, 3.63) is 0 Å². The Morgan fingerprint density at radius 1 is 1.62 bits per heavy atom. The largest absolute Gasteiger partial charge is 1.00 e. The van der Waals surface area contributed by atoms with Gasteiger partial charge in [-0.1, -0.05) is 12.2 Å². The normalized spacial score (nSPS) is 5.88. The van der Waals surface area contributed by atoms with Crippen molar-refractivity contribution < 1.29 is 36.5 Å². The van der Waals surface area contributed by atoms with Gasteiger partial charge < -0.3 is 11.8 Å². The molecule has 0 bridgehead atoms. The molecule has 0 aliphatic rings. The Balaban J connectivity index is -0.0000000417. The van der Waals surface area contributed by atoms with Gasteiger partial charge in [-0.15, -0.1) is 12.6 Å². The zero-order chi connectivity index (χ0) is 5.15. The Bertz CT molecular complexity index is 72.8. The maximum Gasteiger partial charge on any atom is 1.00 e. The molecule has 0 saturated carbocycles. The first-order valence-corrected chi connectivity index (χ1v) is 2.40. The second-order valence-electron chi connectivity index (χ2n) is 1.18.